The minimum absolute atomic E-state index is 0.314. The molecule has 0 amide bonds. The largest absolute Gasteiger partial charge is 0.318 e. The molecule has 1 heterocycles. The summed E-state index contributed by atoms with van der Waals surface area (Å²) in [5.41, 5.74) is 0.385. The molecule has 0 saturated carbocycles. The summed E-state index contributed by atoms with van der Waals surface area (Å²) in [7, 11) is -5.92. The van der Waals surface area contributed by atoms with Crippen molar-refractivity contribution in [1.82, 2.24) is 0 Å². The first kappa shape index (κ1) is 20.4. The lowest BCUT2D eigenvalue weighted by atomic mass is 10.2. The molecule has 1 unspecified atom stereocenters. The van der Waals surface area contributed by atoms with Crippen LogP contribution in [0, 0.1) is 0 Å². The highest BCUT2D eigenvalue weighted by atomic mass is 35.5. The Morgan fingerprint density at radius 2 is 1.28 bits per heavy atom. The van der Waals surface area contributed by atoms with Crippen LogP contribution in [0.25, 0.3) is 0 Å². The van der Waals surface area contributed by atoms with E-state index in [1.807, 2.05) is 97.9 Å². The first-order chi connectivity index (χ1) is 13.9. The maximum Gasteiger partial charge on any atom is 0.151 e. The van der Waals surface area contributed by atoms with Gasteiger partial charge in [-0.2, -0.15) is 0 Å². The van der Waals surface area contributed by atoms with Crippen LogP contribution >= 0.6 is 25.9 Å². The first-order valence-corrected chi connectivity index (χ1v) is 13.9. The molecule has 0 aromatic heterocycles. The fraction of sp³-hybridized carbons (Fsp3) is 0.167. The monoisotopic (exact) mass is 440 g/mol. The summed E-state index contributed by atoms with van der Waals surface area (Å²) >= 11 is 6.82. The molecular weight excluding hydrogens is 418 g/mol. The molecule has 0 fully saturated rings. The molecule has 5 heteroatoms. The third kappa shape index (κ3) is 3.71. The molecule has 3 aromatic carbocycles. The van der Waals surface area contributed by atoms with Gasteiger partial charge in [-0.05, 0) is 6.92 Å². The van der Waals surface area contributed by atoms with Gasteiger partial charge in [-0.25, -0.2) is 0 Å². The number of rotatable bonds is 4. The van der Waals surface area contributed by atoms with Crippen molar-refractivity contribution in [3.05, 3.63) is 102 Å². The van der Waals surface area contributed by atoms with Gasteiger partial charge in [0, 0.05) is 33.3 Å². The van der Waals surface area contributed by atoms with Crippen LogP contribution < -0.4 is 15.9 Å². The van der Waals surface area contributed by atoms with E-state index in [0.29, 0.717) is 17.4 Å². The van der Waals surface area contributed by atoms with Gasteiger partial charge in [0.25, 0.3) is 0 Å². The van der Waals surface area contributed by atoms with E-state index in [-0.39, 0.29) is 0 Å². The van der Waals surface area contributed by atoms with E-state index in [4.69, 9.17) is 11.6 Å². The van der Waals surface area contributed by atoms with E-state index < -0.39 is 19.9 Å². The van der Waals surface area contributed by atoms with Crippen LogP contribution in [0.1, 0.15) is 6.92 Å². The Labute approximate surface area is 177 Å². The predicted octanol–water partition coefficient (Wildman–Crippen LogP) is 5.58. The maximum atomic E-state index is 14.8. The Bertz CT molecular complexity index is 1080. The van der Waals surface area contributed by atoms with Gasteiger partial charge in [-0.1, -0.05) is 108 Å². The van der Waals surface area contributed by atoms with E-state index in [0.717, 1.165) is 21.5 Å². The molecule has 0 radical (unpaired) electrons. The highest BCUT2D eigenvalue weighted by Crippen LogP contribution is 2.62. The predicted molar refractivity (Wildman–Crippen MR) is 126 cm³/mol. The van der Waals surface area contributed by atoms with E-state index in [2.05, 4.69) is 0 Å². The zero-order chi connectivity index (χ0) is 20.5. The third-order valence-electron chi connectivity index (χ3n) is 5.61. The van der Waals surface area contributed by atoms with Gasteiger partial charge in [0.05, 0.1) is 5.66 Å². The van der Waals surface area contributed by atoms with E-state index in [9.17, 15) is 9.13 Å². The van der Waals surface area contributed by atoms with Crippen molar-refractivity contribution < 1.29 is 9.13 Å². The lowest BCUT2D eigenvalue weighted by molar-refractivity contribution is 0.573. The average molecular weight is 441 g/mol. The molecule has 0 N–H and O–H groups in total. The highest BCUT2D eigenvalue weighted by Gasteiger charge is 2.46. The van der Waals surface area contributed by atoms with Crippen molar-refractivity contribution in [3.63, 3.8) is 0 Å². The molecule has 1 aliphatic rings. The van der Waals surface area contributed by atoms with Crippen molar-refractivity contribution in [2.45, 2.75) is 12.6 Å². The molecule has 0 spiro atoms. The molecule has 0 aliphatic carbocycles. The zero-order valence-corrected chi connectivity index (χ0v) is 18.8. The van der Waals surface area contributed by atoms with Crippen LogP contribution in [0.2, 0.25) is 0 Å². The van der Waals surface area contributed by atoms with Gasteiger partial charge < -0.3 is 9.13 Å². The summed E-state index contributed by atoms with van der Waals surface area (Å²) in [5.74, 6) is 0. The van der Waals surface area contributed by atoms with Crippen LogP contribution in [-0.4, -0.2) is 18.0 Å². The molecule has 148 valence electrons. The van der Waals surface area contributed by atoms with Gasteiger partial charge >= 0.3 is 0 Å². The summed E-state index contributed by atoms with van der Waals surface area (Å²) in [4.78, 5) is 0. The lowest BCUT2D eigenvalue weighted by Crippen LogP contribution is -2.33. The molecular formula is C24H23ClO2P2. The average Bonchev–Trinajstić information content (AvgIpc) is 2.77. The van der Waals surface area contributed by atoms with Gasteiger partial charge in [0.1, 0.15) is 7.14 Å². The normalized spacial score (nSPS) is 22.5. The molecule has 29 heavy (non-hydrogen) atoms. The smallest absolute Gasteiger partial charge is 0.151 e. The maximum absolute atomic E-state index is 14.8. The van der Waals surface area contributed by atoms with Crippen LogP contribution in [0.5, 0.6) is 0 Å². The van der Waals surface area contributed by atoms with Crippen molar-refractivity contribution in [2.75, 3.05) is 12.3 Å². The van der Waals surface area contributed by atoms with Gasteiger partial charge in [-0.3, -0.25) is 0 Å². The van der Waals surface area contributed by atoms with Crippen molar-refractivity contribution in [1.29, 1.82) is 0 Å². The fourth-order valence-electron chi connectivity index (χ4n) is 4.15. The summed E-state index contributed by atoms with van der Waals surface area (Å²) in [6.45, 7) is 1.92. The molecule has 2 atom stereocenters. The first-order valence-electron chi connectivity index (χ1n) is 9.65. The molecule has 0 bridgehead atoms. The minimum Gasteiger partial charge on any atom is -0.318 e. The Morgan fingerprint density at radius 1 is 0.828 bits per heavy atom. The van der Waals surface area contributed by atoms with Gasteiger partial charge in [0.2, 0.25) is 0 Å². The van der Waals surface area contributed by atoms with Gasteiger partial charge in [0.15, 0.2) is 7.14 Å². The Kier molecular flexibility index (Phi) is 5.71. The lowest BCUT2D eigenvalue weighted by Gasteiger charge is -2.36. The number of allylic oxidation sites excluding steroid dienone is 2. The van der Waals surface area contributed by atoms with Crippen molar-refractivity contribution >= 4 is 41.8 Å². The SMILES string of the molecule is CC1=C(Cl)[C@H](P(=O)(c2ccccc2)c2ccccc2)CP(=O)(c2ccccc2)C1. The molecule has 1 aliphatic heterocycles. The molecule has 0 saturated heterocycles. The summed E-state index contributed by atoms with van der Waals surface area (Å²) in [5, 5.41) is 2.94. The summed E-state index contributed by atoms with van der Waals surface area (Å²) in [6.07, 6.45) is 0.754. The standard InChI is InChI=1S/C24H23ClO2P2/c1-19-17-28(26,20-11-5-2-6-12-20)18-23(24(19)25)29(27,21-13-7-3-8-14-21)22-15-9-4-10-16-22/h2-16,23H,17-18H2,1H3/t23-,28?/m1/s1. The Hall–Kier alpha value is -1.85. The Balaban J connectivity index is 1.92. The number of hydrogen-bond acceptors (Lipinski definition) is 2. The molecule has 4 rings (SSSR count). The van der Waals surface area contributed by atoms with Crippen LogP contribution in [0.4, 0.5) is 0 Å². The second-order valence-corrected chi connectivity index (χ2v) is 13.9. The summed E-state index contributed by atoms with van der Waals surface area (Å²) in [6, 6.07) is 28.6. The van der Waals surface area contributed by atoms with E-state index in [1.165, 1.54) is 0 Å². The quantitative estimate of drug-likeness (QED) is 0.496. The Morgan fingerprint density at radius 3 is 1.76 bits per heavy atom. The second-order valence-electron chi connectivity index (χ2n) is 7.54. The topological polar surface area (TPSA) is 34.1 Å². The summed E-state index contributed by atoms with van der Waals surface area (Å²) < 4.78 is 28.9. The van der Waals surface area contributed by atoms with E-state index >= 15 is 0 Å². The molecule has 2 nitrogen and oxygen atoms in total. The van der Waals surface area contributed by atoms with Crippen molar-refractivity contribution in [3.8, 4) is 0 Å². The number of halogens is 1. The zero-order valence-electron chi connectivity index (χ0n) is 16.2. The molecule has 3 aromatic rings. The van der Waals surface area contributed by atoms with Crippen LogP contribution in [0.15, 0.2) is 102 Å². The number of hydrogen-bond donors (Lipinski definition) is 0. The highest BCUT2D eigenvalue weighted by molar-refractivity contribution is 7.81. The van der Waals surface area contributed by atoms with Gasteiger partial charge in [-0.15, -0.1) is 0 Å². The minimum atomic E-state index is -3.16. The second kappa shape index (κ2) is 8.11. The third-order valence-corrected chi connectivity index (χ3v) is 13.3. The van der Waals surface area contributed by atoms with E-state index in [1.54, 1.807) is 0 Å². The van der Waals surface area contributed by atoms with Crippen LogP contribution in [0.3, 0.4) is 0 Å². The number of benzene rings is 3. The fourth-order valence-corrected chi connectivity index (χ4v) is 12.3. The van der Waals surface area contributed by atoms with Crippen LogP contribution in [-0.2, 0) is 9.13 Å². The van der Waals surface area contributed by atoms with Crippen molar-refractivity contribution in [2.24, 2.45) is 0 Å².